The summed E-state index contributed by atoms with van der Waals surface area (Å²) >= 11 is 0. The lowest BCUT2D eigenvalue weighted by atomic mass is 9.79. The molecule has 0 spiro atoms. The summed E-state index contributed by atoms with van der Waals surface area (Å²) in [7, 11) is 1.76. The van der Waals surface area contributed by atoms with Gasteiger partial charge in [0, 0.05) is 26.6 Å². The summed E-state index contributed by atoms with van der Waals surface area (Å²) in [6.07, 6.45) is 4.85. The van der Waals surface area contributed by atoms with E-state index in [1.165, 1.54) is 0 Å². The second kappa shape index (κ2) is 4.50. The van der Waals surface area contributed by atoms with Crippen LogP contribution < -0.4 is 0 Å². The summed E-state index contributed by atoms with van der Waals surface area (Å²) in [5, 5.41) is 0. The molecule has 0 bridgehead atoms. The van der Waals surface area contributed by atoms with Gasteiger partial charge in [-0.05, 0) is 31.6 Å². The van der Waals surface area contributed by atoms with E-state index in [0.717, 1.165) is 25.7 Å². The van der Waals surface area contributed by atoms with Crippen LogP contribution in [0.4, 0.5) is 0 Å². The molecule has 3 rings (SSSR count). The molecule has 17 heavy (non-hydrogen) atoms. The molecule has 1 aliphatic heterocycles. The minimum absolute atomic E-state index is 0.311. The first kappa shape index (κ1) is 11.9. The smallest absolute Gasteiger partial charge is 0.168 e. The van der Waals surface area contributed by atoms with Crippen LogP contribution in [0, 0.1) is 11.8 Å². The summed E-state index contributed by atoms with van der Waals surface area (Å²) < 4.78 is 22.7. The van der Waals surface area contributed by atoms with Gasteiger partial charge in [-0.25, -0.2) is 0 Å². The van der Waals surface area contributed by atoms with Crippen molar-refractivity contribution in [1.29, 1.82) is 0 Å². The number of hydrogen-bond acceptors (Lipinski definition) is 4. The van der Waals surface area contributed by atoms with Gasteiger partial charge in [-0.3, -0.25) is 0 Å². The fourth-order valence-electron chi connectivity index (χ4n) is 3.84. The number of methoxy groups -OCH3 is 1. The zero-order valence-electron chi connectivity index (χ0n) is 10.7. The summed E-state index contributed by atoms with van der Waals surface area (Å²) in [6, 6.07) is 0. The molecule has 1 heterocycles. The van der Waals surface area contributed by atoms with Gasteiger partial charge >= 0.3 is 0 Å². The van der Waals surface area contributed by atoms with E-state index < -0.39 is 0 Å². The maximum absolute atomic E-state index is 5.85. The lowest BCUT2D eigenvalue weighted by Crippen LogP contribution is -2.34. The molecule has 3 fully saturated rings. The second-order valence-electron chi connectivity index (χ2n) is 5.48. The van der Waals surface area contributed by atoms with E-state index in [4.69, 9.17) is 18.9 Å². The molecule has 1 saturated heterocycles. The quantitative estimate of drug-likeness (QED) is 0.709. The van der Waals surface area contributed by atoms with Crippen LogP contribution in [0.3, 0.4) is 0 Å². The number of hydrogen-bond donors (Lipinski definition) is 0. The van der Waals surface area contributed by atoms with E-state index in [1.807, 2.05) is 6.92 Å². The largest absolute Gasteiger partial charge is 0.353 e. The molecule has 4 heteroatoms. The predicted molar refractivity (Wildman–Crippen MR) is 61.4 cm³/mol. The lowest BCUT2D eigenvalue weighted by molar-refractivity contribution is -0.218. The fourth-order valence-corrected chi connectivity index (χ4v) is 3.84. The Morgan fingerprint density at radius 2 is 1.71 bits per heavy atom. The maximum Gasteiger partial charge on any atom is 0.168 e. The lowest BCUT2D eigenvalue weighted by Gasteiger charge is -2.31. The first-order valence-electron chi connectivity index (χ1n) is 6.68. The Bertz CT molecular complexity index is 261. The molecular weight excluding hydrogens is 220 g/mol. The zero-order chi connectivity index (χ0) is 11.9. The van der Waals surface area contributed by atoms with Gasteiger partial charge in [-0.2, -0.15) is 0 Å². The van der Waals surface area contributed by atoms with Crippen molar-refractivity contribution in [2.45, 2.75) is 50.6 Å². The average Bonchev–Trinajstić information content (AvgIpc) is 2.89. The van der Waals surface area contributed by atoms with Gasteiger partial charge < -0.3 is 18.9 Å². The third-order valence-corrected chi connectivity index (χ3v) is 4.64. The van der Waals surface area contributed by atoms with Crippen LogP contribution in [0.5, 0.6) is 0 Å². The normalized spacial score (nSPS) is 49.1. The SMILES string of the molecule is CCOC1(OC)C[C@@H]2C[C@@H]3OCO[C@@H]3C[C@H]2C1. The van der Waals surface area contributed by atoms with E-state index in [9.17, 15) is 0 Å². The third-order valence-electron chi connectivity index (χ3n) is 4.64. The van der Waals surface area contributed by atoms with Crippen molar-refractivity contribution in [2.24, 2.45) is 11.8 Å². The second-order valence-corrected chi connectivity index (χ2v) is 5.48. The Balaban J connectivity index is 1.70. The average molecular weight is 242 g/mol. The third kappa shape index (κ3) is 2.01. The Morgan fingerprint density at radius 1 is 1.12 bits per heavy atom. The highest BCUT2D eigenvalue weighted by Crippen LogP contribution is 2.50. The van der Waals surface area contributed by atoms with E-state index in [2.05, 4.69) is 0 Å². The summed E-state index contributed by atoms with van der Waals surface area (Å²) in [5.74, 6) is 0.997. The molecule has 0 aromatic rings. The topological polar surface area (TPSA) is 36.9 Å². The molecule has 5 atom stereocenters. The van der Waals surface area contributed by atoms with Crippen LogP contribution in [0.25, 0.3) is 0 Å². The molecular formula is C13H22O4. The molecule has 0 radical (unpaired) electrons. The monoisotopic (exact) mass is 242 g/mol. The Labute approximate surface area is 103 Å². The molecule has 2 saturated carbocycles. The van der Waals surface area contributed by atoms with Gasteiger partial charge in [0.25, 0.3) is 0 Å². The summed E-state index contributed by atoms with van der Waals surface area (Å²) in [6.45, 7) is 3.23. The van der Waals surface area contributed by atoms with Crippen LogP contribution >= 0.6 is 0 Å². The standard InChI is InChI=1S/C13H22O4/c1-3-17-13(14-2)6-9-4-11-12(16-8-15-11)5-10(9)7-13/h9-12H,3-8H2,1-2H3/t9-,10-,11-,12+,13?/m0/s1. The van der Waals surface area contributed by atoms with Crippen molar-refractivity contribution >= 4 is 0 Å². The van der Waals surface area contributed by atoms with E-state index in [-0.39, 0.29) is 5.79 Å². The van der Waals surface area contributed by atoms with Crippen LogP contribution in [0.1, 0.15) is 32.6 Å². The van der Waals surface area contributed by atoms with Gasteiger partial charge in [0.1, 0.15) is 6.79 Å². The van der Waals surface area contributed by atoms with Gasteiger partial charge in [-0.15, -0.1) is 0 Å². The summed E-state index contributed by atoms with van der Waals surface area (Å²) in [5.41, 5.74) is 0. The van der Waals surface area contributed by atoms with Crippen molar-refractivity contribution in [3.63, 3.8) is 0 Å². The van der Waals surface area contributed by atoms with E-state index in [1.54, 1.807) is 7.11 Å². The van der Waals surface area contributed by atoms with Crippen molar-refractivity contribution in [3.8, 4) is 0 Å². The zero-order valence-corrected chi connectivity index (χ0v) is 10.7. The summed E-state index contributed by atoms with van der Waals surface area (Å²) in [4.78, 5) is 0. The highest BCUT2D eigenvalue weighted by atomic mass is 16.7. The molecule has 98 valence electrons. The van der Waals surface area contributed by atoms with E-state index >= 15 is 0 Å². The minimum atomic E-state index is -0.345. The Hall–Kier alpha value is -0.160. The van der Waals surface area contributed by atoms with Gasteiger partial charge in [0.15, 0.2) is 5.79 Å². The van der Waals surface area contributed by atoms with Crippen molar-refractivity contribution in [2.75, 3.05) is 20.5 Å². The maximum atomic E-state index is 5.85. The minimum Gasteiger partial charge on any atom is -0.353 e. The molecule has 4 nitrogen and oxygen atoms in total. The van der Waals surface area contributed by atoms with Gasteiger partial charge in [0.2, 0.25) is 0 Å². The fraction of sp³-hybridized carbons (Fsp3) is 1.00. The number of fused-ring (bicyclic) bond motifs is 2. The first-order valence-corrected chi connectivity index (χ1v) is 6.68. The van der Waals surface area contributed by atoms with Crippen molar-refractivity contribution in [1.82, 2.24) is 0 Å². The van der Waals surface area contributed by atoms with Gasteiger partial charge in [-0.1, -0.05) is 0 Å². The Kier molecular flexibility index (Phi) is 3.15. The van der Waals surface area contributed by atoms with Gasteiger partial charge in [0.05, 0.1) is 12.2 Å². The predicted octanol–water partition coefficient (Wildman–Crippen LogP) is 1.93. The van der Waals surface area contributed by atoms with Crippen molar-refractivity contribution in [3.05, 3.63) is 0 Å². The molecule has 0 aromatic heterocycles. The van der Waals surface area contributed by atoms with Crippen LogP contribution in [-0.4, -0.2) is 38.5 Å². The molecule has 2 aliphatic carbocycles. The van der Waals surface area contributed by atoms with E-state index in [0.29, 0.717) is 37.4 Å². The molecule has 0 amide bonds. The van der Waals surface area contributed by atoms with Crippen LogP contribution in [-0.2, 0) is 18.9 Å². The van der Waals surface area contributed by atoms with Crippen molar-refractivity contribution < 1.29 is 18.9 Å². The molecule has 0 N–H and O–H groups in total. The number of ether oxygens (including phenoxy) is 4. The molecule has 3 aliphatic rings. The molecule has 1 unspecified atom stereocenters. The number of rotatable bonds is 3. The highest BCUT2D eigenvalue weighted by Gasteiger charge is 2.52. The molecule has 0 aromatic carbocycles. The van der Waals surface area contributed by atoms with Crippen LogP contribution in [0.2, 0.25) is 0 Å². The Morgan fingerprint density at radius 3 is 2.18 bits per heavy atom. The van der Waals surface area contributed by atoms with Crippen LogP contribution in [0.15, 0.2) is 0 Å². The highest BCUT2D eigenvalue weighted by molar-refractivity contribution is 4.98. The first-order chi connectivity index (χ1) is 8.26.